The molecule has 3 rings (SSSR count). The Bertz CT molecular complexity index is 981. The second kappa shape index (κ2) is 8.03. The molecule has 1 aromatic carbocycles. The normalized spacial score (nSPS) is 15.1. The van der Waals surface area contributed by atoms with Crippen LogP contribution in [0.4, 0.5) is 5.00 Å². The Kier molecular flexibility index (Phi) is 5.54. The molecule has 7 heteroatoms. The maximum absolute atomic E-state index is 12.2. The zero-order valence-electron chi connectivity index (χ0n) is 14.7. The predicted octanol–water partition coefficient (Wildman–Crippen LogP) is 3.41. The first-order valence-corrected chi connectivity index (χ1v) is 9.35. The largest absolute Gasteiger partial charge is 0.452 e. The summed E-state index contributed by atoms with van der Waals surface area (Å²) in [6, 6.07) is 10.2. The van der Waals surface area contributed by atoms with Crippen LogP contribution in [0.15, 0.2) is 24.3 Å². The molecule has 1 aromatic heterocycles. The molecule has 0 unspecified atom stereocenters. The van der Waals surface area contributed by atoms with Crippen LogP contribution >= 0.6 is 11.3 Å². The van der Waals surface area contributed by atoms with Crippen LogP contribution in [0.1, 0.15) is 45.3 Å². The van der Waals surface area contributed by atoms with E-state index in [1.54, 1.807) is 12.1 Å². The first kappa shape index (κ1) is 18.6. The number of nitrogens with zero attached hydrogens (tertiary/aromatic N) is 2. The van der Waals surface area contributed by atoms with Gasteiger partial charge in [0.15, 0.2) is 6.61 Å². The van der Waals surface area contributed by atoms with E-state index in [9.17, 15) is 14.9 Å². The number of nitrogens with one attached hydrogen (secondary N) is 1. The number of thiophene rings is 1. The Morgan fingerprint density at radius 2 is 2.15 bits per heavy atom. The van der Waals surface area contributed by atoms with Crippen molar-refractivity contribution in [1.82, 2.24) is 0 Å². The van der Waals surface area contributed by atoms with Crippen LogP contribution in [-0.4, -0.2) is 18.5 Å². The molecule has 0 saturated heterocycles. The smallest absolute Gasteiger partial charge is 0.338 e. The van der Waals surface area contributed by atoms with Crippen LogP contribution in [0.2, 0.25) is 0 Å². The molecular weight excluding hydrogens is 362 g/mol. The van der Waals surface area contributed by atoms with Crippen molar-refractivity contribution in [3.8, 4) is 12.1 Å². The number of esters is 1. The topological polar surface area (TPSA) is 103 Å². The predicted molar refractivity (Wildman–Crippen MR) is 100 cm³/mol. The Labute approximate surface area is 161 Å². The van der Waals surface area contributed by atoms with E-state index in [2.05, 4.69) is 18.3 Å². The third kappa shape index (κ3) is 4.16. The number of carbonyl (C=O) groups excluding carboxylic acids is 2. The second-order valence-electron chi connectivity index (χ2n) is 6.48. The maximum atomic E-state index is 12.2. The van der Waals surface area contributed by atoms with E-state index in [4.69, 9.17) is 10.00 Å². The molecule has 1 heterocycles. The van der Waals surface area contributed by atoms with Gasteiger partial charge in [-0.25, -0.2) is 4.79 Å². The van der Waals surface area contributed by atoms with Crippen LogP contribution in [0.5, 0.6) is 0 Å². The molecule has 1 N–H and O–H groups in total. The van der Waals surface area contributed by atoms with Gasteiger partial charge in [0.1, 0.15) is 11.1 Å². The summed E-state index contributed by atoms with van der Waals surface area (Å²) in [5.41, 5.74) is 2.09. The number of hydrogen-bond donors (Lipinski definition) is 1. The second-order valence-corrected chi connectivity index (χ2v) is 7.59. The molecule has 0 spiro atoms. The van der Waals surface area contributed by atoms with Crippen molar-refractivity contribution in [3.05, 3.63) is 51.4 Å². The lowest BCUT2D eigenvalue weighted by molar-refractivity contribution is -0.119. The molecule has 0 saturated carbocycles. The van der Waals surface area contributed by atoms with E-state index < -0.39 is 18.5 Å². The summed E-state index contributed by atoms with van der Waals surface area (Å²) in [4.78, 5) is 25.3. The lowest BCUT2D eigenvalue weighted by Gasteiger charge is -2.17. The fourth-order valence-corrected chi connectivity index (χ4v) is 4.43. The van der Waals surface area contributed by atoms with Crippen LogP contribution < -0.4 is 5.32 Å². The van der Waals surface area contributed by atoms with Gasteiger partial charge in [-0.1, -0.05) is 13.0 Å². The Morgan fingerprint density at radius 3 is 2.89 bits per heavy atom. The number of hydrogen-bond acceptors (Lipinski definition) is 6. The summed E-state index contributed by atoms with van der Waals surface area (Å²) < 4.78 is 5.02. The van der Waals surface area contributed by atoms with Gasteiger partial charge >= 0.3 is 5.97 Å². The Balaban J connectivity index is 1.64. The van der Waals surface area contributed by atoms with Gasteiger partial charge in [0.05, 0.1) is 22.8 Å². The standard InChI is InChI=1S/C20H17N3O3S/c1-12-5-6-15-16(10-22)19(27-17(15)7-12)23-18(24)11-26-20(25)14-4-2-3-13(8-14)9-21/h2-4,8,12H,5-7,11H2,1H3,(H,23,24)/t12-/m1/s1. The lowest BCUT2D eigenvalue weighted by Crippen LogP contribution is -2.21. The van der Waals surface area contributed by atoms with Crippen molar-refractivity contribution in [2.24, 2.45) is 5.92 Å². The highest BCUT2D eigenvalue weighted by atomic mass is 32.1. The minimum atomic E-state index is -0.679. The van der Waals surface area contributed by atoms with Gasteiger partial charge in [0, 0.05) is 4.88 Å². The van der Waals surface area contributed by atoms with E-state index in [-0.39, 0.29) is 5.56 Å². The zero-order valence-corrected chi connectivity index (χ0v) is 15.6. The molecule has 1 aliphatic rings. The molecule has 1 atom stereocenters. The fraction of sp³-hybridized carbons (Fsp3) is 0.300. The summed E-state index contributed by atoms with van der Waals surface area (Å²) in [7, 11) is 0. The SMILES string of the molecule is C[C@@H]1CCc2c(sc(NC(=O)COC(=O)c3cccc(C#N)c3)c2C#N)C1. The fourth-order valence-electron chi connectivity index (χ4n) is 3.05. The van der Waals surface area contributed by atoms with Crippen LogP contribution in [0.3, 0.4) is 0 Å². The molecule has 0 bridgehead atoms. The number of ether oxygens (including phenoxy) is 1. The molecule has 136 valence electrons. The summed E-state index contributed by atoms with van der Waals surface area (Å²) in [5.74, 6) is -0.610. The molecule has 1 aliphatic carbocycles. The molecular formula is C20H17N3O3S. The molecule has 6 nitrogen and oxygen atoms in total. The summed E-state index contributed by atoms with van der Waals surface area (Å²) >= 11 is 1.42. The molecule has 1 amide bonds. The number of rotatable bonds is 4. The van der Waals surface area contributed by atoms with E-state index in [1.807, 2.05) is 6.07 Å². The van der Waals surface area contributed by atoms with Gasteiger partial charge < -0.3 is 10.1 Å². The van der Waals surface area contributed by atoms with Crippen molar-refractivity contribution in [2.45, 2.75) is 26.2 Å². The number of benzene rings is 1. The number of anilines is 1. The highest BCUT2D eigenvalue weighted by Gasteiger charge is 2.24. The Morgan fingerprint density at radius 1 is 1.33 bits per heavy atom. The first-order valence-electron chi connectivity index (χ1n) is 8.53. The maximum Gasteiger partial charge on any atom is 0.338 e. The highest BCUT2D eigenvalue weighted by Crippen LogP contribution is 2.39. The van der Waals surface area contributed by atoms with Gasteiger partial charge in [-0.3, -0.25) is 4.79 Å². The van der Waals surface area contributed by atoms with Crippen molar-refractivity contribution < 1.29 is 14.3 Å². The minimum absolute atomic E-state index is 0.208. The molecule has 2 aromatic rings. The average molecular weight is 379 g/mol. The van der Waals surface area contributed by atoms with E-state index in [1.165, 1.54) is 23.5 Å². The number of fused-ring (bicyclic) bond motifs is 1. The van der Waals surface area contributed by atoms with Crippen LogP contribution in [-0.2, 0) is 22.4 Å². The summed E-state index contributed by atoms with van der Waals surface area (Å²) in [5, 5.41) is 21.5. The number of amides is 1. The monoisotopic (exact) mass is 379 g/mol. The van der Waals surface area contributed by atoms with E-state index in [0.717, 1.165) is 29.7 Å². The van der Waals surface area contributed by atoms with Crippen molar-refractivity contribution in [3.63, 3.8) is 0 Å². The van der Waals surface area contributed by atoms with Crippen molar-refractivity contribution in [2.75, 3.05) is 11.9 Å². The van der Waals surface area contributed by atoms with Gasteiger partial charge in [-0.05, 0) is 48.9 Å². The molecule has 0 fully saturated rings. The van der Waals surface area contributed by atoms with E-state index >= 15 is 0 Å². The third-order valence-corrected chi connectivity index (χ3v) is 5.61. The number of carbonyl (C=O) groups is 2. The first-order chi connectivity index (χ1) is 13.0. The van der Waals surface area contributed by atoms with Crippen LogP contribution in [0, 0.1) is 28.6 Å². The molecule has 27 heavy (non-hydrogen) atoms. The summed E-state index contributed by atoms with van der Waals surface area (Å²) in [6.07, 6.45) is 2.79. The van der Waals surface area contributed by atoms with Gasteiger partial charge in [0.2, 0.25) is 0 Å². The van der Waals surface area contributed by atoms with Gasteiger partial charge in [0.25, 0.3) is 5.91 Å². The third-order valence-electron chi connectivity index (χ3n) is 4.44. The zero-order chi connectivity index (χ0) is 19.4. The van der Waals surface area contributed by atoms with Crippen LogP contribution in [0.25, 0.3) is 0 Å². The Hall–Kier alpha value is -3.16. The number of nitriles is 2. The summed E-state index contributed by atoms with van der Waals surface area (Å²) in [6.45, 7) is 1.72. The lowest BCUT2D eigenvalue weighted by atomic mass is 9.89. The molecule has 0 aliphatic heterocycles. The van der Waals surface area contributed by atoms with Gasteiger partial charge in [-0.2, -0.15) is 10.5 Å². The molecule has 0 radical (unpaired) electrons. The average Bonchev–Trinajstić information content (AvgIpc) is 3.01. The van der Waals surface area contributed by atoms with Gasteiger partial charge in [-0.15, -0.1) is 11.3 Å². The minimum Gasteiger partial charge on any atom is -0.452 e. The van der Waals surface area contributed by atoms with E-state index in [0.29, 0.717) is 22.0 Å². The quantitative estimate of drug-likeness (QED) is 0.820. The van der Waals surface area contributed by atoms with Crippen molar-refractivity contribution in [1.29, 1.82) is 10.5 Å². The highest BCUT2D eigenvalue weighted by molar-refractivity contribution is 7.16. The van der Waals surface area contributed by atoms with Crippen molar-refractivity contribution >= 4 is 28.2 Å².